The Kier molecular flexibility index (Phi) is 3.29. The Bertz CT molecular complexity index is 546. The fraction of sp³-hybridized carbons (Fsp3) is 0. The van der Waals surface area contributed by atoms with Crippen LogP contribution in [0.2, 0.25) is 0 Å². The zero-order chi connectivity index (χ0) is 12.3. The predicted molar refractivity (Wildman–Crippen MR) is 66.3 cm³/mol. The summed E-state index contributed by atoms with van der Waals surface area (Å²) in [4.78, 5) is 15.7. The zero-order valence-corrected chi connectivity index (χ0v) is 10.2. The van der Waals surface area contributed by atoms with E-state index in [-0.39, 0.29) is 11.7 Å². The normalized spacial score (nSPS) is 9.94. The molecule has 0 saturated carbocycles. The highest BCUT2D eigenvalue weighted by molar-refractivity contribution is 9.10. The number of halogens is 1. The Morgan fingerprint density at radius 2 is 2.29 bits per heavy atom. The van der Waals surface area contributed by atoms with Gasteiger partial charge in [-0.2, -0.15) is 5.10 Å². The molecule has 0 atom stereocenters. The van der Waals surface area contributed by atoms with E-state index in [1.54, 1.807) is 12.1 Å². The van der Waals surface area contributed by atoms with Crippen molar-refractivity contribution in [2.45, 2.75) is 0 Å². The van der Waals surface area contributed by atoms with Gasteiger partial charge in [0.25, 0.3) is 5.91 Å². The maximum absolute atomic E-state index is 11.9. The quantitative estimate of drug-likeness (QED) is 0.874. The van der Waals surface area contributed by atoms with Gasteiger partial charge in [0.05, 0.1) is 5.56 Å². The molecule has 0 aliphatic rings. The lowest BCUT2D eigenvalue weighted by Gasteiger charge is -2.05. The molecule has 2 aromatic heterocycles. The molecule has 0 radical (unpaired) electrons. The summed E-state index contributed by atoms with van der Waals surface area (Å²) < 4.78 is 0.563. The third-order valence-electron chi connectivity index (χ3n) is 1.94. The predicted octanol–water partition coefficient (Wildman–Crippen LogP) is 1.47. The smallest absolute Gasteiger partial charge is 0.258 e. The van der Waals surface area contributed by atoms with Crippen LogP contribution >= 0.6 is 15.9 Å². The third kappa shape index (κ3) is 2.76. The molecule has 17 heavy (non-hydrogen) atoms. The van der Waals surface area contributed by atoms with Crippen molar-refractivity contribution in [3.8, 4) is 0 Å². The molecule has 0 aromatic carbocycles. The van der Waals surface area contributed by atoms with Crippen LogP contribution in [-0.2, 0) is 0 Å². The molecule has 0 fully saturated rings. The Balaban J connectivity index is 2.23. The van der Waals surface area contributed by atoms with E-state index >= 15 is 0 Å². The van der Waals surface area contributed by atoms with E-state index in [2.05, 4.69) is 36.4 Å². The first-order chi connectivity index (χ1) is 8.16. The topological polar surface area (TPSA) is 93.8 Å². The Morgan fingerprint density at radius 3 is 3.00 bits per heavy atom. The third-order valence-corrected chi connectivity index (χ3v) is 2.57. The summed E-state index contributed by atoms with van der Waals surface area (Å²) in [6.45, 7) is 0. The number of hydrogen-bond acceptors (Lipinski definition) is 5. The van der Waals surface area contributed by atoms with Crippen molar-refractivity contribution in [2.75, 3.05) is 11.1 Å². The summed E-state index contributed by atoms with van der Waals surface area (Å²) in [6.07, 6.45) is 3.00. The lowest BCUT2D eigenvalue weighted by molar-refractivity contribution is 0.102. The zero-order valence-electron chi connectivity index (χ0n) is 8.59. The van der Waals surface area contributed by atoms with Crippen molar-refractivity contribution < 1.29 is 4.79 Å². The number of anilines is 2. The number of pyridine rings is 1. The summed E-state index contributed by atoms with van der Waals surface area (Å²) in [5, 5.41) is 10.0. The van der Waals surface area contributed by atoms with Crippen molar-refractivity contribution in [2.24, 2.45) is 0 Å². The van der Waals surface area contributed by atoms with E-state index in [0.29, 0.717) is 15.9 Å². The monoisotopic (exact) mass is 293 g/mol. The van der Waals surface area contributed by atoms with Crippen LogP contribution in [-0.4, -0.2) is 21.1 Å². The molecule has 6 nitrogen and oxygen atoms in total. The fourth-order valence-corrected chi connectivity index (χ4v) is 1.58. The number of aromatic nitrogens is 3. The summed E-state index contributed by atoms with van der Waals surface area (Å²) in [5.41, 5.74) is 5.91. The second-order valence-electron chi connectivity index (χ2n) is 3.15. The highest BCUT2D eigenvalue weighted by Crippen LogP contribution is 2.18. The van der Waals surface area contributed by atoms with Crippen molar-refractivity contribution in [3.05, 3.63) is 40.6 Å². The van der Waals surface area contributed by atoms with Gasteiger partial charge in [0.1, 0.15) is 5.82 Å². The first-order valence-corrected chi connectivity index (χ1v) is 5.46. The van der Waals surface area contributed by atoms with Gasteiger partial charge in [-0.05, 0) is 34.1 Å². The Hall–Kier alpha value is -2.02. The van der Waals surface area contributed by atoms with E-state index < -0.39 is 0 Å². The van der Waals surface area contributed by atoms with Gasteiger partial charge in [-0.15, -0.1) is 5.10 Å². The summed E-state index contributed by atoms with van der Waals surface area (Å²) >= 11 is 3.23. The molecule has 2 aromatic rings. The molecular weight excluding hydrogens is 286 g/mol. The minimum absolute atomic E-state index is 0.275. The second kappa shape index (κ2) is 4.88. The average Bonchev–Trinajstić information content (AvgIpc) is 2.33. The molecule has 0 bridgehead atoms. The Labute approximate surface area is 105 Å². The Morgan fingerprint density at radius 1 is 1.47 bits per heavy atom. The van der Waals surface area contributed by atoms with Crippen LogP contribution in [0.4, 0.5) is 11.6 Å². The van der Waals surface area contributed by atoms with Gasteiger partial charge in [0, 0.05) is 16.9 Å². The number of nitrogen functional groups attached to an aromatic ring is 1. The standard InChI is InChI=1S/C10H8BrN5O/c11-7-5-13-8(12)4-6(7)10(17)15-9-2-1-3-14-16-9/h1-5H,(H2,12,13)(H,15,16,17). The molecular formula is C10H8BrN5O. The molecule has 0 spiro atoms. The van der Waals surface area contributed by atoms with Crippen molar-refractivity contribution in [1.82, 2.24) is 15.2 Å². The highest BCUT2D eigenvalue weighted by Gasteiger charge is 2.11. The largest absolute Gasteiger partial charge is 0.384 e. The molecule has 1 amide bonds. The van der Waals surface area contributed by atoms with E-state index in [9.17, 15) is 4.79 Å². The molecule has 0 unspecified atom stereocenters. The van der Waals surface area contributed by atoms with Gasteiger partial charge >= 0.3 is 0 Å². The van der Waals surface area contributed by atoms with Crippen LogP contribution in [0.3, 0.4) is 0 Å². The van der Waals surface area contributed by atoms with E-state index in [1.807, 2.05) is 0 Å². The second-order valence-corrected chi connectivity index (χ2v) is 4.01. The van der Waals surface area contributed by atoms with Crippen LogP contribution in [0.1, 0.15) is 10.4 Å². The minimum Gasteiger partial charge on any atom is -0.384 e. The number of carbonyl (C=O) groups excluding carboxylic acids is 1. The van der Waals surface area contributed by atoms with Gasteiger partial charge in [0.2, 0.25) is 0 Å². The molecule has 2 heterocycles. The number of rotatable bonds is 2. The van der Waals surface area contributed by atoms with E-state index in [1.165, 1.54) is 18.5 Å². The molecule has 2 rings (SSSR count). The summed E-state index contributed by atoms with van der Waals surface area (Å²) in [5.74, 6) is 0.323. The fourth-order valence-electron chi connectivity index (χ4n) is 1.18. The van der Waals surface area contributed by atoms with E-state index in [0.717, 1.165) is 0 Å². The number of nitrogens with one attached hydrogen (secondary N) is 1. The molecule has 0 aliphatic carbocycles. The van der Waals surface area contributed by atoms with Crippen LogP contribution in [0, 0.1) is 0 Å². The molecule has 0 saturated heterocycles. The van der Waals surface area contributed by atoms with Crippen LogP contribution in [0.5, 0.6) is 0 Å². The van der Waals surface area contributed by atoms with Crippen LogP contribution < -0.4 is 11.1 Å². The summed E-state index contributed by atoms with van der Waals surface area (Å²) in [7, 11) is 0. The summed E-state index contributed by atoms with van der Waals surface area (Å²) in [6, 6.07) is 4.80. The lowest BCUT2D eigenvalue weighted by Crippen LogP contribution is -2.14. The van der Waals surface area contributed by atoms with Crippen molar-refractivity contribution >= 4 is 33.5 Å². The molecule has 0 aliphatic heterocycles. The number of carbonyl (C=O) groups is 1. The number of nitrogens with zero attached hydrogens (tertiary/aromatic N) is 3. The number of amides is 1. The van der Waals surface area contributed by atoms with Crippen molar-refractivity contribution in [3.63, 3.8) is 0 Å². The van der Waals surface area contributed by atoms with E-state index in [4.69, 9.17) is 5.73 Å². The molecule has 3 N–H and O–H groups in total. The number of hydrogen-bond donors (Lipinski definition) is 2. The molecule has 86 valence electrons. The minimum atomic E-state index is -0.327. The van der Waals surface area contributed by atoms with Gasteiger partial charge in [-0.3, -0.25) is 4.79 Å². The number of nitrogens with two attached hydrogens (primary N) is 1. The maximum atomic E-state index is 11.9. The lowest BCUT2D eigenvalue weighted by atomic mass is 10.2. The van der Waals surface area contributed by atoms with Crippen LogP contribution in [0.25, 0.3) is 0 Å². The van der Waals surface area contributed by atoms with Gasteiger partial charge in [0.15, 0.2) is 5.82 Å². The maximum Gasteiger partial charge on any atom is 0.258 e. The first kappa shape index (κ1) is 11.5. The first-order valence-electron chi connectivity index (χ1n) is 4.67. The molecule has 7 heteroatoms. The SMILES string of the molecule is Nc1cc(C(=O)Nc2cccnn2)c(Br)cn1. The van der Waals surface area contributed by atoms with Gasteiger partial charge in [-0.1, -0.05) is 0 Å². The van der Waals surface area contributed by atoms with Gasteiger partial charge in [-0.25, -0.2) is 4.98 Å². The van der Waals surface area contributed by atoms with Gasteiger partial charge < -0.3 is 11.1 Å². The van der Waals surface area contributed by atoms with Crippen LogP contribution in [0.15, 0.2) is 35.1 Å². The van der Waals surface area contributed by atoms with Crippen molar-refractivity contribution in [1.29, 1.82) is 0 Å². The highest BCUT2D eigenvalue weighted by atomic mass is 79.9. The average molecular weight is 294 g/mol.